The van der Waals surface area contributed by atoms with Crippen LogP contribution in [0.1, 0.15) is 178 Å². The first-order chi connectivity index (χ1) is 14.2. The van der Waals surface area contributed by atoms with Crippen LogP contribution in [0.5, 0.6) is 0 Å². The molecule has 1 nitrogen and oxygen atoms in total. The molecule has 0 aliphatic heterocycles. The third kappa shape index (κ3) is 63.5. The van der Waals surface area contributed by atoms with Gasteiger partial charge >= 0.3 is 0 Å². The molecule has 0 heterocycles. The maximum Gasteiger partial charge on any atom is 0.0596 e. The van der Waals surface area contributed by atoms with Crippen LogP contribution in [-0.2, 0) is 0 Å². The van der Waals surface area contributed by atoms with Crippen molar-refractivity contribution in [1.29, 1.82) is 0 Å². The zero-order valence-corrected chi connectivity index (χ0v) is 28.5. The van der Waals surface area contributed by atoms with Crippen LogP contribution >= 0.6 is 0 Å². The predicted octanol–water partition coefficient (Wildman–Crippen LogP) is 12.0. The highest BCUT2D eigenvalue weighted by Gasteiger charge is 2.22. The minimum Gasteiger partial charge on any atom is -0.390 e. The Morgan fingerprint density at radius 2 is 0.559 bits per heavy atom. The highest BCUT2D eigenvalue weighted by atomic mass is 16.3. The van der Waals surface area contributed by atoms with Gasteiger partial charge in [-0.3, -0.25) is 0 Å². The second kappa shape index (κ2) is 15.3. The Hall–Kier alpha value is -0.0400. The number of hydrogen-bond donors (Lipinski definition) is 1. The van der Waals surface area contributed by atoms with Crippen LogP contribution in [0.2, 0.25) is 0 Å². The molecule has 34 heavy (non-hydrogen) atoms. The molecule has 0 saturated carbocycles. The molecule has 0 saturated heterocycles. The standard InChI is InChI=1S/2C9H20.C8H18O.C7H16/c2*1-8(2,3)7-9(4,5)6;1-7(2,3)6-8(4,5)9;1-5-6-7(2,3)4/h2*7H2,1-6H3;9H,6H2,1-5H3;5-6H2,1-4H3. The summed E-state index contributed by atoms with van der Waals surface area (Å²) >= 11 is 0. The van der Waals surface area contributed by atoms with Crippen molar-refractivity contribution in [2.24, 2.45) is 32.5 Å². The van der Waals surface area contributed by atoms with Crippen LogP contribution in [0.4, 0.5) is 0 Å². The third-order valence-electron chi connectivity index (χ3n) is 4.08. The molecule has 0 rings (SSSR count). The van der Waals surface area contributed by atoms with Crippen molar-refractivity contribution in [1.82, 2.24) is 0 Å². The lowest BCUT2D eigenvalue weighted by Gasteiger charge is -2.28. The van der Waals surface area contributed by atoms with Crippen LogP contribution < -0.4 is 0 Å². The van der Waals surface area contributed by atoms with Gasteiger partial charge in [-0.2, -0.15) is 0 Å². The fourth-order valence-electron chi connectivity index (χ4n) is 5.23. The second-order valence-electron chi connectivity index (χ2n) is 18.5. The average molecular weight is 487 g/mol. The summed E-state index contributed by atoms with van der Waals surface area (Å²) in [5.41, 5.74) is 2.21. The van der Waals surface area contributed by atoms with Crippen molar-refractivity contribution in [3.05, 3.63) is 0 Å². The van der Waals surface area contributed by atoms with E-state index in [0.29, 0.717) is 27.1 Å². The van der Waals surface area contributed by atoms with Crippen molar-refractivity contribution in [2.45, 2.75) is 183 Å². The van der Waals surface area contributed by atoms with E-state index in [1.807, 2.05) is 13.8 Å². The minimum atomic E-state index is -0.516. The Kier molecular flexibility index (Phi) is 18.5. The first-order valence-electron chi connectivity index (χ1n) is 13.9. The maximum absolute atomic E-state index is 9.35. The van der Waals surface area contributed by atoms with E-state index in [0.717, 1.165) is 6.42 Å². The lowest BCUT2D eigenvalue weighted by Crippen LogP contribution is -2.25. The third-order valence-corrected chi connectivity index (χ3v) is 4.08. The Morgan fingerprint density at radius 1 is 0.353 bits per heavy atom. The minimum absolute atomic E-state index is 0.234. The normalized spacial score (nSPS) is 13.6. The Bertz CT molecular complexity index is 364. The molecule has 0 unspecified atom stereocenters. The Labute approximate surface area is 220 Å². The lowest BCUT2D eigenvalue weighted by atomic mass is 9.78. The molecule has 1 N–H and O–H groups in total. The van der Waals surface area contributed by atoms with Gasteiger partial charge in [-0.1, -0.05) is 138 Å². The molecule has 0 bridgehead atoms. The van der Waals surface area contributed by atoms with E-state index in [2.05, 4.69) is 132 Å². The van der Waals surface area contributed by atoms with Gasteiger partial charge in [0, 0.05) is 0 Å². The van der Waals surface area contributed by atoms with Gasteiger partial charge in [-0.25, -0.2) is 0 Å². The maximum atomic E-state index is 9.35. The first kappa shape index (κ1) is 41.1. The van der Waals surface area contributed by atoms with Crippen molar-refractivity contribution in [3.8, 4) is 0 Å². The average Bonchev–Trinajstić information content (AvgIpc) is 2.23. The van der Waals surface area contributed by atoms with E-state index in [1.165, 1.54) is 25.7 Å². The summed E-state index contributed by atoms with van der Waals surface area (Å²) in [6.07, 6.45) is 6.08. The van der Waals surface area contributed by atoms with Crippen LogP contribution in [0, 0.1) is 32.5 Å². The van der Waals surface area contributed by atoms with E-state index < -0.39 is 5.60 Å². The van der Waals surface area contributed by atoms with Gasteiger partial charge in [0.25, 0.3) is 0 Å². The topological polar surface area (TPSA) is 20.2 Å². The van der Waals surface area contributed by atoms with Crippen molar-refractivity contribution < 1.29 is 5.11 Å². The SMILES string of the molecule is CC(C)(C)CC(C)(C)C.CC(C)(C)CC(C)(C)C.CC(C)(C)CC(C)(C)O.CCCC(C)(C)C. The van der Waals surface area contributed by atoms with Crippen LogP contribution in [-0.4, -0.2) is 10.7 Å². The van der Waals surface area contributed by atoms with Gasteiger partial charge < -0.3 is 5.11 Å². The van der Waals surface area contributed by atoms with Crippen molar-refractivity contribution >= 4 is 0 Å². The lowest BCUT2D eigenvalue weighted by molar-refractivity contribution is 0.0371. The summed E-state index contributed by atoms with van der Waals surface area (Å²) in [5.74, 6) is 0. The summed E-state index contributed by atoms with van der Waals surface area (Å²) in [4.78, 5) is 0. The van der Waals surface area contributed by atoms with Gasteiger partial charge in [-0.05, 0) is 72.0 Å². The molecule has 1 heteroatoms. The van der Waals surface area contributed by atoms with E-state index in [1.54, 1.807) is 0 Å². The van der Waals surface area contributed by atoms with Crippen LogP contribution in [0.25, 0.3) is 0 Å². The molecule has 0 aromatic heterocycles. The highest BCUT2D eigenvalue weighted by molar-refractivity contribution is 4.74. The van der Waals surface area contributed by atoms with Gasteiger partial charge in [0.05, 0.1) is 5.60 Å². The summed E-state index contributed by atoms with van der Waals surface area (Å²) in [6.45, 7) is 46.6. The van der Waals surface area contributed by atoms with Crippen molar-refractivity contribution in [2.75, 3.05) is 0 Å². The number of hydrogen-bond acceptors (Lipinski definition) is 1. The molecule has 0 radical (unpaired) electrons. The molecule has 0 spiro atoms. The first-order valence-corrected chi connectivity index (χ1v) is 13.9. The number of aliphatic hydroxyl groups is 1. The van der Waals surface area contributed by atoms with Gasteiger partial charge in [0.15, 0.2) is 0 Å². The molecule has 0 aliphatic carbocycles. The van der Waals surface area contributed by atoms with Gasteiger partial charge in [-0.15, -0.1) is 0 Å². The van der Waals surface area contributed by atoms with Crippen molar-refractivity contribution in [3.63, 3.8) is 0 Å². The van der Waals surface area contributed by atoms with Crippen LogP contribution in [0.3, 0.4) is 0 Å². The largest absolute Gasteiger partial charge is 0.390 e. The fraction of sp³-hybridized carbons (Fsp3) is 1.00. The molecule has 0 aliphatic rings. The van der Waals surface area contributed by atoms with Gasteiger partial charge in [0.1, 0.15) is 0 Å². The fourth-order valence-corrected chi connectivity index (χ4v) is 5.23. The summed E-state index contributed by atoms with van der Waals surface area (Å²) in [5, 5.41) is 9.35. The molecule has 212 valence electrons. The smallest absolute Gasteiger partial charge is 0.0596 e. The van der Waals surface area contributed by atoms with Crippen LogP contribution in [0.15, 0.2) is 0 Å². The quantitative estimate of drug-likeness (QED) is 0.411. The van der Waals surface area contributed by atoms with Gasteiger partial charge in [0.2, 0.25) is 0 Å². The summed E-state index contributed by atoms with van der Waals surface area (Å²) < 4.78 is 0. The number of rotatable bonds is 2. The molecular weight excluding hydrogens is 412 g/mol. The van der Waals surface area contributed by atoms with E-state index in [-0.39, 0.29) is 5.41 Å². The molecular formula is C33H74O. The zero-order chi connectivity index (χ0) is 29.0. The molecule has 0 aromatic carbocycles. The molecule has 0 aromatic rings. The molecule has 0 amide bonds. The van der Waals surface area contributed by atoms with E-state index in [4.69, 9.17) is 0 Å². The Morgan fingerprint density at radius 3 is 0.559 bits per heavy atom. The van der Waals surface area contributed by atoms with E-state index in [9.17, 15) is 5.11 Å². The summed E-state index contributed by atoms with van der Waals surface area (Å²) in [7, 11) is 0. The van der Waals surface area contributed by atoms with E-state index >= 15 is 0 Å². The monoisotopic (exact) mass is 487 g/mol. The summed E-state index contributed by atoms with van der Waals surface area (Å²) in [6, 6.07) is 0. The predicted molar refractivity (Wildman–Crippen MR) is 162 cm³/mol. The zero-order valence-electron chi connectivity index (χ0n) is 28.5. The molecule has 0 fully saturated rings. The molecule has 0 atom stereocenters. The highest BCUT2D eigenvalue weighted by Crippen LogP contribution is 2.32. The Balaban J connectivity index is -0.000000177. The second-order valence-corrected chi connectivity index (χ2v) is 18.5.